The van der Waals surface area contributed by atoms with Gasteiger partial charge in [-0.2, -0.15) is 0 Å². The van der Waals surface area contributed by atoms with Crippen LogP contribution in [-0.4, -0.2) is 26.4 Å². The van der Waals surface area contributed by atoms with Crippen LogP contribution in [0.2, 0.25) is 5.02 Å². The van der Waals surface area contributed by atoms with Gasteiger partial charge in [-0.15, -0.1) is 0 Å². The van der Waals surface area contributed by atoms with E-state index in [1.54, 1.807) is 12.1 Å². The van der Waals surface area contributed by atoms with Gasteiger partial charge in [-0.1, -0.05) is 37.6 Å². The number of sulfonamides is 1. The van der Waals surface area contributed by atoms with E-state index < -0.39 is 32.9 Å². The Morgan fingerprint density at radius 1 is 1.14 bits per heavy atom. The number of ether oxygens (including phenoxy) is 1. The molecule has 2 rings (SSSR count). The zero-order valence-corrected chi connectivity index (χ0v) is 17.9. The van der Waals surface area contributed by atoms with Crippen molar-refractivity contribution in [2.75, 3.05) is 5.32 Å². The number of nitrogens with two attached hydrogens (primary N) is 1. The van der Waals surface area contributed by atoms with Gasteiger partial charge in [0.15, 0.2) is 6.10 Å². The SMILES string of the molecule is CC[C@H](C)c1ccc(NC(=O)[C@@H](C)OC(=O)c2ccc(Cl)c(S(N)(=O)=O)c2)cc1. The Kier molecular flexibility index (Phi) is 7.40. The molecule has 1 amide bonds. The van der Waals surface area contributed by atoms with Crippen molar-refractivity contribution in [2.45, 2.75) is 44.1 Å². The van der Waals surface area contributed by atoms with Gasteiger partial charge in [-0.25, -0.2) is 18.4 Å². The highest BCUT2D eigenvalue weighted by atomic mass is 35.5. The number of nitrogens with one attached hydrogen (secondary N) is 1. The standard InChI is InChI=1S/C20H23ClN2O5S/c1-4-12(2)14-5-8-16(9-6-14)23-19(24)13(3)28-20(25)15-7-10-17(21)18(11-15)29(22,26)27/h5-13H,4H2,1-3H3,(H,23,24)(H2,22,26,27)/t12-,13+/m0/s1. The Bertz CT molecular complexity index is 1010. The van der Waals surface area contributed by atoms with E-state index in [0.29, 0.717) is 11.6 Å². The van der Waals surface area contributed by atoms with E-state index >= 15 is 0 Å². The van der Waals surface area contributed by atoms with Gasteiger partial charge in [0.05, 0.1) is 10.6 Å². The number of carbonyl (C=O) groups is 2. The molecule has 3 N–H and O–H groups in total. The van der Waals surface area contributed by atoms with Gasteiger partial charge in [0, 0.05) is 5.69 Å². The maximum Gasteiger partial charge on any atom is 0.338 e. The quantitative estimate of drug-likeness (QED) is 0.639. The van der Waals surface area contributed by atoms with Crippen LogP contribution in [0, 0.1) is 0 Å². The second-order valence-electron chi connectivity index (χ2n) is 6.66. The smallest absolute Gasteiger partial charge is 0.338 e. The number of carbonyl (C=O) groups excluding carboxylic acids is 2. The fourth-order valence-corrected chi connectivity index (χ4v) is 3.58. The van der Waals surface area contributed by atoms with Crippen LogP contribution in [0.15, 0.2) is 47.4 Å². The fraction of sp³-hybridized carbons (Fsp3) is 0.300. The first kappa shape index (κ1) is 22.9. The Balaban J connectivity index is 2.05. The third kappa shape index (κ3) is 6.03. The van der Waals surface area contributed by atoms with Crippen LogP contribution in [0.5, 0.6) is 0 Å². The molecule has 0 saturated carbocycles. The summed E-state index contributed by atoms with van der Waals surface area (Å²) in [6, 6.07) is 11.0. The first-order valence-corrected chi connectivity index (χ1v) is 10.9. The Morgan fingerprint density at radius 3 is 2.31 bits per heavy atom. The molecular formula is C20H23ClN2O5S. The minimum Gasteiger partial charge on any atom is -0.449 e. The lowest BCUT2D eigenvalue weighted by molar-refractivity contribution is -0.123. The summed E-state index contributed by atoms with van der Waals surface area (Å²) in [5, 5.41) is 7.63. The lowest BCUT2D eigenvalue weighted by Crippen LogP contribution is -2.30. The molecule has 0 fully saturated rings. The molecule has 2 atom stereocenters. The highest BCUT2D eigenvalue weighted by Crippen LogP contribution is 2.23. The lowest BCUT2D eigenvalue weighted by atomic mass is 9.99. The molecule has 2 aromatic carbocycles. The molecule has 2 aromatic rings. The third-order valence-electron chi connectivity index (χ3n) is 4.49. The van der Waals surface area contributed by atoms with Crippen LogP contribution < -0.4 is 10.5 Å². The largest absolute Gasteiger partial charge is 0.449 e. The van der Waals surface area contributed by atoms with Gasteiger partial charge in [-0.05, 0) is 55.2 Å². The van der Waals surface area contributed by atoms with E-state index in [-0.39, 0.29) is 10.6 Å². The van der Waals surface area contributed by atoms with E-state index in [1.807, 2.05) is 12.1 Å². The van der Waals surface area contributed by atoms with Gasteiger partial charge >= 0.3 is 5.97 Å². The summed E-state index contributed by atoms with van der Waals surface area (Å²) in [5.74, 6) is -0.974. The van der Waals surface area contributed by atoms with Crippen LogP contribution in [0.25, 0.3) is 0 Å². The number of halogens is 1. The average molecular weight is 439 g/mol. The first-order valence-electron chi connectivity index (χ1n) is 8.97. The highest BCUT2D eigenvalue weighted by molar-refractivity contribution is 7.89. The van der Waals surface area contributed by atoms with E-state index in [0.717, 1.165) is 12.5 Å². The molecule has 156 valence electrons. The number of benzene rings is 2. The molecule has 0 aliphatic heterocycles. The number of anilines is 1. The van der Waals surface area contributed by atoms with Crippen molar-refractivity contribution in [3.05, 3.63) is 58.6 Å². The van der Waals surface area contributed by atoms with Crippen LogP contribution in [-0.2, 0) is 19.6 Å². The van der Waals surface area contributed by atoms with Crippen molar-refractivity contribution >= 4 is 39.2 Å². The molecule has 0 unspecified atom stereocenters. The topological polar surface area (TPSA) is 116 Å². The van der Waals surface area contributed by atoms with Gasteiger partial charge < -0.3 is 10.1 Å². The Labute approximate surface area is 175 Å². The summed E-state index contributed by atoms with van der Waals surface area (Å²) in [7, 11) is -4.11. The normalized spacial score (nSPS) is 13.4. The van der Waals surface area contributed by atoms with Crippen molar-refractivity contribution in [1.29, 1.82) is 0 Å². The predicted molar refractivity (Wildman–Crippen MR) is 111 cm³/mol. The molecule has 7 nitrogen and oxygen atoms in total. The van der Waals surface area contributed by atoms with Crippen molar-refractivity contribution in [3.8, 4) is 0 Å². The number of amides is 1. The average Bonchev–Trinajstić information content (AvgIpc) is 2.67. The van der Waals surface area contributed by atoms with Gasteiger partial charge in [0.1, 0.15) is 4.90 Å². The second kappa shape index (κ2) is 9.39. The number of rotatable bonds is 7. The zero-order chi connectivity index (χ0) is 21.8. The number of hydrogen-bond donors (Lipinski definition) is 2. The molecule has 0 radical (unpaired) electrons. The number of hydrogen-bond acceptors (Lipinski definition) is 5. The summed E-state index contributed by atoms with van der Waals surface area (Å²) in [4.78, 5) is 24.2. The summed E-state index contributed by atoms with van der Waals surface area (Å²) in [6.07, 6.45) is -0.0957. The van der Waals surface area contributed by atoms with E-state index in [1.165, 1.54) is 24.6 Å². The molecule has 0 aliphatic carbocycles. The van der Waals surface area contributed by atoms with Crippen molar-refractivity contribution in [1.82, 2.24) is 0 Å². The Hall–Kier alpha value is -2.42. The minimum absolute atomic E-state index is 0.0871. The predicted octanol–water partition coefficient (Wildman–Crippen LogP) is 3.68. The molecule has 0 bridgehead atoms. The number of primary sulfonamides is 1. The molecular weight excluding hydrogens is 416 g/mol. The molecule has 0 aromatic heterocycles. The molecule has 0 spiro atoms. The minimum atomic E-state index is -4.11. The van der Waals surface area contributed by atoms with Crippen LogP contribution in [0.3, 0.4) is 0 Å². The molecule has 0 aliphatic rings. The Morgan fingerprint density at radius 2 is 1.76 bits per heavy atom. The van der Waals surface area contributed by atoms with Crippen LogP contribution >= 0.6 is 11.6 Å². The maximum absolute atomic E-state index is 12.3. The summed E-state index contributed by atoms with van der Waals surface area (Å²) in [5.41, 5.74) is 1.65. The third-order valence-corrected chi connectivity index (χ3v) is 5.88. The second-order valence-corrected chi connectivity index (χ2v) is 8.60. The van der Waals surface area contributed by atoms with Crippen molar-refractivity contribution < 1.29 is 22.7 Å². The van der Waals surface area contributed by atoms with Crippen molar-refractivity contribution in [3.63, 3.8) is 0 Å². The molecule has 29 heavy (non-hydrogen) atoms. The van der Waals surface area contributed by atoms with E-state index in [2.05, 4.69) is 19.2 Å². The van der Waals surface area contributed by atoms with E-state index in [4.69, 9.17) is 21.5 Å². The first-order chi connectivity index (χ1) is 13.5. The lowest BCUT2D eigenvalue weighted by Gasteiger charge is -2.15. The monoisotopic (exact) mass is 438 g/mol. The maximum atomic E-state index is 12.3. The summed E-state index contributed by atoms with van der Waals surface area (Å²) in [6.45, 7) is 5.63. The summed E-state index contributed by atoms with van der Waals surface area (Å²) >= 11 is 5.80. The fourth-order valence-electron chi connectivity index (χ4n) is 2.51. The van der Waals surface area contributed by atoms with Gasteiger partial charge in [-0.3, -0.25) is 4.79 Å². The highest BCUT2D eigenvalue weighted by Gasteiger charge is 2.22. The zero-order valence-electron chi connectivity index (χ0n) is 16.3. The summed E-state index contributed by atoms with van der Waals surface area (Å²) < 4.78 is 28.2. The molecule has 0 heterocycles. The van der Waals surface area contributed by atoms with Crippen molar-refractivity contribution in [2.24, 2.45) is 5.14 Å². The van der Waals surface area contributed by atoms with Crippen LogP contribution in [0.1, 0.15) is 49.0 Å². The number of esters is 1. The van der Waals surface area contributed by atoms with Gasteiger partial charge in [0.2, 0.25) is 10.0 Å². The molecule has 0 saturated heterocycles. The molecule has 9 heteroatoms. The van der Waals surface area contributed by atoms with E-state index in [9.17, 15) is 18.0 Å². The van der Waals surface area contributed by atoms with Crippen LogP contribution in [0.4, 0.5) is 5.69 Å². The van der Waals surface area contributed by atoms with Gasteiger partial charge in [0.25, 0.3) is 5.91 Å².